The van der Waals surface area contributed by atoms with Crippen molar-refractivity contribution in [3.8, 4) is 0 Å². The lowest BCUT2D eigenvalue weighted by Crippen LogP contribution is -2.54. The van der Waals surface area contributed by atoms with Crippen molar-refractivity contribution in [1.82, 2.24) is 5.32 Å². The minimum absolute atomic E-state index is 0.0486. The highest BCUT2D eigenvalue weighted by Gasteiger charge is 2.54. The SMILES string of the molecule is O=C(COC(=O)CNC(=O)C12CC3CC(CC(C3)C1)C2)Nc1ccc(F)cc1Cl. The van der Waals surface area contributed by atoms with E-state index in [-0.39, 0.29) is 28.6 Å². The van der Waals surface area contributed by atoms with Crippen LogP contribution in [0, 0.1) is 29.0 Å². The third-order valence-electron chi connectivity index (χ3n) is 6.48. The fourth-order valence-corrected chi connectivity index (χ4v) is 5.92. The molecule has 4 aliphatic carbocycles. The largest absolute Gasteiger partial charge is 0.454 e. The van der Waals surface area contributed by atoms with Gasteiger partial charge in [0.1, 0.15) is 12.4 Å². The van der Waals surface area contributed by atoms with Crippen LogP contribution in [0.4, 0.5) is 10.1 Å². The molecule has 2 amide bonds. The number of amides is 2. The van der Waals surface area contributed by atoms with Crippen LogP contribution >= 0.6 is 11.6 Å². The van der Waals surface area contributed by atoms with Gasteiger partial charge in [0.05, 0.1) is 10.7 Å². The minimum atomic E-state index is -0.677. The first-order valence-electron chi connectivity index (χ1n) is 10.0. The van der Waals surface area contributed by atoms with Gasteiger partial charge in [0.2, 0.25) is 5.91 Å². The molecule has 0 heterocycles. The van der Waals surface area contributed by atoms with Crippen LogP contribution < -0.4 is 10.6 Å². The number of carbonyl (C=O) groups excluding carboxylic acids is 3. The van der Waals surface area contributed by atoms with E-state index in [1.54, 1.807) is 0 Å². The fourth-order valence-electron chi connectivity index (χ4n) is 5.70. The van der Waals surface area contributed by atoms with Crippen LogP contribution in [0.3, 0.4) is 0 Å². The molecule has 4 aliphatic rings. The fraction of sp³-hybridized carbons (Fsp3) is 0.571. The molecule has 8 heteroatoms. The van der Waals surface area contributed by atoms with E-state index >= 15 is 0 Å². The molecule has 1 aromatic rings. The summed E-state index contributed by atoms with van der Waals surface area (Å²) in [6.07, 6.45) is 6.47. The number of hydrogen-bond donors (Lipinski definition) is 2. The quantitative estimate of drug-likeness (QED) is 0.689. The average Bonchev–Trinajstić information content (AvgIpc) is 2.65. The number of ether oxygens (including phenoxy) is 1. The van der Waals surface area contributed by atoms with Gasteiger partial charge in [-0.2, -0.15) is 0 Å². The van der Waals surface area contributed by atoms with Crippen LogP contribution in [-0.2, 0) is 19.1 Å². The van der Waals surface area contributed by atoms with Gasteiger partial charge >= 0.3 is 5.97 Å². The highest BCUT2D eigenvalue weighted by molar-refractivity contribution is 6.33. The molecule has 156 valence electrons. The molecule has 2 N–H and O–H groups in total. The summed E-state index contributed by atoms with van der Waals surface area (Å²) in [5.41, 5.74) is -0.101. The van der Waals surface area contributed by atoms with E-state index in [9.17, 15) is 18.8 Å². The molecule has 4 saturated carbocycles. The van der Waals surface area contributed by atoms with E-state index in [1.165, 1.54) is 25.3 Å². The highest BCUT2D eigenvalue weighted by atomic mass is 35.5. The van der Waals surface area contributed by atoms with E-state index in [0.29, 0.717) is 17.8 Å². The summed E-state index contributed by atoms with van der Waals surface area (Å²) < 4.78 is 18.0. The van der Waals surface area contributed by atoms with E-state index in [0.717, 1.165) is 31.4 Å². The maximum absolute atomic E-state index is 13.0. The number of benzene rings is 1. The van der Waals surface area contributed by atoms with Crippen LogP contribution in [-0.4, -0.2) is 30.9 Å². The van der Waals surface area contributed by atoms with Gasteiger partial charge in [-0.05, 0) is 74.5 Å². The molecule has 4 bridgehead atoms. The van der Waals surface area contributed by atoms with Gasteiger partial charge in [0.25, 0.3) is 5.91 Å². The Balaban J connectivity index is 1.22. The minimum Gasteiger partial charge on any atom is -0.454 e. The molecule has 0 aliphatic heterocycles. The van der Waals surface area contributed by atoms with Gasteiger partial charge in [-0.3, -0.25) is 14.4 Å². The number of carbonyl (C=O) groups is 3. The molecule has 0 atom stereocenters. The lowest BCUT2D eigenvalue weighted by atomic mass is 9.49. The summed E-state index contributed by atoms with van der Waals surface area (Å²) in [4.78, 5) is 36.6. The Bertz CT molecular complexity index is 809. The van der Waals surface area contributed by atoms with Crippen LogP contribution in [0.25, 0.3) is 0 Å². The van der Waals surface area contributed by atoms with Crippen molar-refractivity contribution in [3.05, 3.63) is 29.0 Å². The van der Waals surface area contributed by atoms with Gasteiger partial charge in [-0.15, -0.1) is 0 Å². The third kappa shape index (κ3) is 4.39. The van der Waals surface area contributed by atoms with E-state index in [4.69, 9.17) is 16.3 Å². The normalized spacial score (nSPS) is 29.4. The molecule has 6 nitrogen and oxygen atoms in total. The number of rotatable bonds is 6. The first kappa shape index (κ1) is 20.1. The first-order chi connectivity index (χ1) is 13.8. The summed E-state index contributed by atoms with van der Waals surface area (Å²) >= 11 is 5.84. The van der Waals surface area contributed by atoms with Crippen LogP contribution in [0.5, 0.6) is 0 Å². The number of nitrogens with one attached hydrogen (secondary N) is 2. The summed E-state index contributed by atoms with van der Waals surface area (Å²) in [5, 5.41) is 5.21. The maximum Gasteiger partial charge on any atom is 0.325 e. The summed E-state index contributed by atoms with van der Waals surface area (Å²) in [6, 6.07) is 3.56. The highest BCUT2D eigenvalue weighted by Crippen LogP contribution is 2.60. The van der Waals surface area contributed by atoms with Crippen molar-refractivity contribution in [3.63, 3.8) is 0 Å². The Kier molecular flexibility index (Phi) is 5.51. The van der Waals surface area contributed by atoms with E-state index in [1.807, 2.05) is 0 Å². The van der Waals surface area contributed by atoms with Crippen molar-refractivity contribution < 1.29 is 23.5 Å². The third-order valence-corrected chi connectivity index (χ3v) is 6.80. The molecular formula is C21H24ClFN2O4. The summed E-state index contributed by atoms with van der Waals surface area (Å²) in [5.74, 6) is 0.0655. The standard InChI is InChI=1S/C21H24ClFN2O4/c22-16-6-15(23)1-2-17(16)25-18(26)11-29-19(27)10-24-20(28)21-7-12-3-13(8-21)5-14(4-12)9-21/h1-2,6,12-14H,3-5,7-11H2,(H,24,28)(H,25,26). The molecular weight excluding hydrogens is 399 g/mol. The number of hydrogen-bond acceptors (Lipinski definition) is 4. The number of esters is 1. The smallest absolute Gasteiger partial charge is 0.325 e. The maximum atomic E-state index is 13.0. The van der Waals surface area contributed by atoms with Gasteiger partial charge in [-0.25, -0.2) is 4.39 Å². The molecule has 0 aromatic heterocycles. The van der Waals surface area contributed by atoms with Gasteiger partial charge in [0, 0.05) is 5.41 Å². The van der Waals surface area contributed by atoms with Gasteiger partial charge in [0.15, 0.2) is 6.61 Å². The molecule has 0 saturated heterocycles. The lowest BCUT2D eigenvalue weighted by molar-refractivity contribution is -0.152. The van der Waals surface area contributed by atoms with Gasteiger partial charge in [-0.1, -0.05) is 11.6 Å². The Morgan fingerprint density at radius 2 is 1.72 bits per heavy atom. The molecule has 4 fully saturated rings. The van der Waals surface area contributed by atoms with Crippen LogP contribution in [0.15, 0.2) is 18.2 Å². The zero-order chi connectivity index (χ0) is 20.6. The zero-order valence-corrected chi connectivity index (χ0v) is 16.8. The lowest BCUT2D eigenvalue weighted by Gasteiger charge is -2.55. The Hall–Kier alpha value is -2.15. The Morgan fingerprint density at radius 1 is 1.10 bits per heavy atom. The van der Waals surface area contributed by atoms with Crippen LogP contribution in [0.1, 0.15) is 38.5 Å². The number of anilines is 1. The van der Waals surface area contributed by atoms with Crippen molar-refractivity contribution in [2.75, 3.05) is 18.5 Å². The van der Waals surface area contributed by atoms with E-state index < -0.39 is 24.3 Å². The van der Waals surface area contributed by atoms with E-state index in [2.05, 4.69) is 10.6 Å². The van der Waals surface area contributed by atoms with Crippen LogP contribution in [0.2, 0.25) is 5.02 Å². The molecule has 29 heavy (non-hydrogen) atoms. The predicted molar refractivity (Wildman–Crippen MR) is 105 cm³/mol. The second-order valence-corrected chi connectivity index (χ2v) is 9.12. The summed E-state index contributed by atoms with van der Waals surface area (Å²) in [6.45, 7) is -0.773. The van der Waals surface area contributed by atoms with Crippen molar-refractivity contribution in [1.29, 1.82) is 0 Å². The zero-order valence-electron chi connectivity index (χ0n) is 16.0. The number of halogens is 2. The molecule has 0 unspecified atom stereocenters. The second-order valence-electron chi connectivity index (χ2n) is 8.71. The average molecular weight is 423 g/mol. The van der Waals surface area contributed by atoms with Crippen molar-refractivity contribution in [2.45, 2.75) is 38.5 Å². The molecule has 1 aromatic carbocycles. The van der Waals surface area contributed by atoms with Crippen molar-refractivity contribution >= 4 is 35.1 Å². The monoisotopic (exact) mass is 422 g/mol. The molecule has 0 radical (unpaired) electrons. The molecule has 0 spiro atoms. The predicted octanol–water partition coefficient (Wildman–Crippen LogP) is 3.29. The Morgan fingerprint density at radius 3 is 2.31 bits per heavy atom. The van der Waals surface area contributed by atoms with Crippen molar-refractivity contribution in [2.24, 2.45) is 23.2 Å². The topological polar surface area (TPSA) is 84.5 Å². The first-order valence-corrected chi connectivity index (χ1v) is 10.4. The van der Waals surface area contributed by atoms with Gasteiger partial charge < -0.3 is 15.4 Å². The second kappa shape index (κ2) is 7.94. The summed E-state index contributed by atoms with van der Waals surface area (Å²) in [7, 11) is 0. The molecule has 5 rings (SSSR count). The Labute approximate surface area is 173 Å².